The van der Waals surface area contributed by atoms with E-state index >= 15 is 0 Å². The predicted molar refractivity (Wildman–Crippen MR) is 78.3 cm³/mol. The molecule has 0 heterocycles. The first-order chi connectivity index (χ1) is 8.74. The molecular weight excluding hydrogens is 244 g/mol. The third-order valence-electron chi connectivity index (χ3n) is 2.47. The average Bonchev–Trinajstić information content (AvgIpc) is 2.40. The Bertz CT molecular complexity index is 155. The lowest BCUT2D eigenvalue weighted by Gasteiger charge is -2.29. The molecule has 0 N–H and O–H groups in total. The van der Waals surface area contributed by atoms with Gasteiger partial charge in [0.05, 0.1) is 0 Å². The van der Waals surface area contributed by atoms with Crippen LogP contribution in [0.5, 0.6) is 0 Å². The molecule has 18 heavy (non-hydrogen) atoms. The Balaban J connectivity index is 4.41. The maximum atomic E-state index is 5.97. The molecule has 0 unspecified atom stereocenters. The number of hydrogen-bond donors (Lipinski definition) is 0. The molecular formula is C14H31O3Si. The van der Waals surface area contributed by atoms with Crippen molar-refractivity contribution in [2.45, 2.75) is 66.2 Å². The third kappa shape index (κ3) is 8.24. The number of hydrogen-bond acceptors (Lipinski definition) is 3. The molecule has 0 saturated heterocycles. The van der Waals surface area contributed by atoms with E-state index in [9.17, 15) is 0 Å². The van der Waals surface area contributed by atoms with Gasteiger partial charge in [0, 0.05) is 25.9 Å². The molecule has 0 aromatic carbocycles. The Labute approximate surface area is 115 Å². The van der Waals surface area contributed by atoms with Crippen LogP contribution in [0.3, 0.4) is 0 Å². The molecule has 109 valence electrons. The van der Waals surface area contributed by atoms with Gasteiger partial charge in [-0.05, 0) is 25.7 Å². The zero-order chi connectivity index (χ0) is 13.7. The first kappa shape index (κ1) is 18.1. The van der Waals surface area contributed by atoms with Crippen molar-refractivity contribution in [3.05, 3.63) is 6.04 Å². The predicted octanol–water partition coefficient (Wildman–Crippen LogP) is 4.14. The van der Waals surface area contributed by atoms with Crippen molar-refractivity contribution in [2.75, 3.05) is 19.8 Å². The second-order valence-electron chi connectivity index (χ2n) is 4.50. The minimum atomic E-state index is -2.52. The molecule has 1 radical (unpaired) electrons. The lowest BCUT2D eigenvalue weighted by atomic mass is 10.3. The van der Waals surface area contributed by atoms with Gasteiger partial charge in [-0.3, -0.25) is 0 Å². The van der Waals surface area contributed by atoms with Crippen LogP contribution in [0.2, 0.25) is 0 Å². The molecule has 4 heteroatoms. The highest BCUT2D eigenvalue weighted by Gasteiger charge is 2.40. The van der Waals surface area contributed by atoms with E-state index in [2.05, 4.69) is 33.7 Å². The molecule has 0 aliphatic heterocycles. The summed E-state index contributed by atoms with van der Waals surface area (Å²) in [7, 11) is -2.52. The quantitative estimate of drug-likeness (QED) is 0.373. The first-order valence-corrected chi connectivity index (χ1v) is 9.31. The lowest BCUT2D eigenvalue weighted by molar-refractivity contribution is 0.0661. The van der Waals surface area contributed by atoms with Crippen molar-refractivity contribution < 1.29 is 13.3 Å². The monoisotopic (exact) mass is 275 g/mol. The topological polar surface area (TPSA) is 27.7 Å². The molecule has 0 aromatic rings. The summed E-state index contributed by atoms with van der Waals surface area (Å²) in [5.74, 6) is 0. The summed E-state index contributed by atoms with van der Waals surface area (Å²) < 4.78 is 17.9. The zero-order valence-corrected chi connectivity index (χ0v) is 13.7. The maximum absolute atomic E-state index is 5.97. The van der Waals surface area contributed by atoms with Gasteiger partial charge in [-0.1, -0.05) is 40.5 Å². The van der Waals surface area contributed by atoms with Gasteiger partial charge >= 0.3 is 8.80 Å². The fourth-order valence-corrected chi connectivity index (χ4v) is 4.14. The Morgan fingerprint density at radius 1 is 0.722 bits per heavy atom. The highest BCUT2D eigenvalue weighted by atomic mass is 28.4. The molecule has 0 atom stereocenters. The summed E-state index contributed by atoms with van der Waals surface area (Å²) in [6.07, 6.45) is 6.40. The fourth-order valence-electron chi connectivity index (χ4n) is 1.52. The van der Waals surface area contributed by atoms with E-state index in [-0.39, 0.29) is 0 Å². The van der Waals surface area contributed by atoms with Crippen LogP contribution >= 0.6 is 0 Å². The molecule has 0 aromatic heterocycles. The van der Waals surface area contributed by atoms with E-state index in [1.165, 1.54) is 12.8 Å². The fraction of sp³-hybridized carbons (Fsp3) is 0.929. The van der Waals surface area contributed by atoms with Gasteiger partial charge in [-0.15, -0.1) is 0 Å². The van der Waals surface area contributed by atoms with E-state index in [0.717, 1.165) is 45.5 Å². The van der Waals surface area contributed by atoms with E-state index in [1.54, 1.807) is 0 Å². The van der Waals surface area contributed by atoms with E-state index in [1.807, 2.05) is 0 Å². The largest absolute Gasteiger partial charge is 0.504 e. The van der Waals surface area contributed by atoms with Gasteiger partial charge < -0.3 is 13.3 Å². The molecule has 0 aliphatic rings. The van der Waals surface area contributed by atoms with Gasteiger partial charge in [0.2, 0.25) is 0 Å². The van der Waals surface area contributed by atoms with Crippen molar-refractivity contribution in [2.24, 2.45) is 0 Å². The van der Waals surface area contributed by atoms with Crippen molar-refractivity contribution in [3.8, 4) is 0 Å². The van der Waals surface area contributed by atoms with Crippen LogP contribution < -0.4 is 0 Å². The SMILES string of the molecule is CCCC[CH][Si](OCCC)(OCCC)OCCC. The molecule has 3 nitrogen and oxygen atoms in total. The van der Waals surface area contributed by atoms with Gasteiger partial charge in [0.1, 0.15) is 0 Å². The summed E-state index contributed by atoms with van der Waals surface area (Å²) in [5, 5.41) is 0. The second kappa shape index (κ2) is 12.1. The van der Waals surface area contributed by atoms with E-state index < -0.39 is 8.80 Å². The summed E-state index contributed by atoms with van der Waals surface area (Å²) in [4.78, 5) is 0. The van der Waals surface area contributed by atoms with E-state index in [0.29, 0.717) is 0 Å². The second-order valence-corrected chi connectivity index (χ2v) is 6.98. The van der Waals surface area contributed by atoms with Crippen molar-refractivity contribution in [1.82, 2.24) is 0 Å². The third-order valence-corrected chi connectivity index (χ3v) is 5.08. The van der Waals surface area contributed by atoms with Crippen LogP contribution in [0.4, 0.5) is 0 Å². The Kier molecular flexibility index (Phi) is 12.2. The highest BCUT2D eigenvalue weighted by Crippen LogP contribution is 2.18. The Hall–Kier alpha value is 0.0969. The summed E-state index contributed by atoms with van der Waals surface area (Å²) in [5.41, 5.74) is 0. The summed E-state index contributed by atoms with van der Waals surface area (Å²) in [6.45, 7) is 10.7. The standard InChI is InChI=1S/C14H31O3Si/c1-5-9-10-14-18(15-11-6-2,16-12-7-3)17-13-8-4/h14H,5-13H2,1-4H3. The van der Waals surface area contributed by atoms with Crippen LogP contribution in [-0.4, -0.2) is 28.6 Å². The van der Waals surface area contributed by atoms with Gasteiger partial charge in [-0.25, -0.2) is 0 Å². The van der Waals surface area contributed by atoms with Crippen LogP contribution in [0, 0.1) is 6.04 Å². The van der Waals surface area contributed by atoms with E-state index in [4.69, 9.17) is 13.3 Å². The van der Waals surface area contributed by atoms with Crippen LogP contribution in [0.25, 0.3) is 0 Å². The summed E-state index contributed by atoms with van der Waals surface area (Å²) >= 11 is 0. The van der Waals surface area contributed by atoms with Gasteiger partial charge in [-0.2, -0.15) is 0 Å². The van der Waals surface area contributed by atoms with Crippen molar-refractivity contribution >= 4 is 8.80 Å². The zero-order valence-electron chi connectivity index (χ0n) is 12.7. The van der Waals surface area contributed by atoms with Crippen molar-refractivity contribution in [3.63, 3.8) is 0 Å². The smallest absolute Gasteiger partial charge is 0.373 e. The van der Waals surface area contributed by atoms with Crippen LogP contribution in [-0.2, 0) is 13.3 Å². The minimum absolute atomic E-state index is 0.724. The normalized spacial score (nSPS) is 12.0. The highest BCUT2D eigenvalue weighted by molar-refractivity contribution is 6.64. The number of rotatable bonds is 13. The molecule has 0 amide bonds. The first-order valence-electron chi connectivity index (χ1n) is 7.50. The Morgan fingerprint density at radius 3 is 1.50 bits per heavy atom. The molecule has 0 bridgehead atoms. The lowest BCUT2D eigenvalue weighted by Crippen LogP contribution is -2.47. The van der Waals surface area contributed by atoms with Crippen molar-refractivity contribution in [1.29, 1.82) is 0 Å². The van der Waals surface area contributed by atoms with Crippen LogP contribution in [0.1, 0.15) is 66.2 Å². The molecule has 0 aliphatic carbocycles. The molecule has 0 saturated carbocycles. The molecule has 0 rings (SSSR count). The van der Waals surface area contributed by atoms with Gasteiger partial charge in [0.15, 0.2) is 0 Å². The Morgan fingerprint density at radius 2 is 1.17 bits per heavy atom. The maximum Gasteiger partial charge on any atom is 0.504 e. The minimum Gasteiger partial charge on any atom is -0.373 e. The number of unbranched alkanes of at least 4 members (excludes halogenated alkanes) is 2. The molecule has 0 fully saturated rings. The van der Waals surface area contributed by atoms with Gasteiger partial charge in [0.25, 0.3) is 0 Å². The molecule has 0 spiro atoms. The average molecular weight is 275 g/mol. The summed E-state index contributed by atoms with van der Waals surface area (Å²) in [6, 6.07) is 2.19. The van der Waals surface area contributed by atoms with Crippen LogP contribution in [0.15, 0.2) is 0 Å².